The van der Waals surface area contributed by atoms with Crippen LogP contribution in [-0.4, -0.2) is 53.1 Å². The molecule has 1 saturated carbocycles. The summed E-state index contributed by atoms with van der Waals surface area (Å²) in [4.78, 5) is 17.8. The predicted molar refractivity (Wildman–Crippen MR) is 148 cm³/mol. The minimum Gasteiger partial charge on any atom is -0.463 e. The van der Waals surface area contributed by atoms with Gasteiger partial charge in [0.1, 0.15) is 23.5 Å². The zero-order valence-electron chi connectivity index (χ0n) is 21.7. The first-order valence-electron chi connectivity index (χ1n) is 12.5. The number of thioether (sulfide) groups is 1. The van der Waals surface area contributed by atoms with Gasteiger partial charge in [-0.05, 0) is 37.1 Å². The normalized spacial score (nSPS) is 25.1. The average Bonchev–Trinajstić information content (AvgIpc) is 3.29. The number of ether oxygens (including phenoxy) is 1. The van der Waals surface area contributed by atoms with E-state index in [1.807, 2.05) is 20.0 Å². The highest BCUT2D eigenvalue weighted by Gasteiger charge is 2.74. The zero-order valence-corrected chi connectivity index (χ0v) is 22.5. The van der Waals surface area contributed by atoms with Gasteiger partial charge in [-0.2, -0.15) is 0 Å². The molecule has 1 aliphatic heterocycles. The minimum absolute atomic E-state index is 0.0144. The molecule has 2 unspecified atom stereocenters. The molecule has 3 N–H and O–H groups in total. The van der Waals surface area contributed by atoms with Crippen LogP contribution in [0.5, 0.6) is 5.88 Å². The van der Waals surface area contributed by atoms with Crippen LogP contribution in [0.15, 0.2) is 47.8 Å². The van der Waals surface area contributed by atoms with Crippen molar-refractivity contribution in [1.82, 2.24) is 29.9 Å². The zero-order chi connectivity index (χ0) is 28.1. The van der Waals surface area contributed by atoms with Gasteiger partial charge in [0.05, 0.1) is 28.7 Å². The smallest absolute Gasteiger partial charge is 0.233 e. The minimum atomic E-state index is -1.50. The molecular formula is C27H25F2N9OS. The van der Waals surface area contributed by atoms with Crippen molar-refractivity contribution >= 4 is 39.5 Å². The molecule has 3 aromatic heterocycles. The van der Waals surface area contributed by atoms with E-state index in [4.69, 9.17) is 16.9 Å². The van der Waals surface area contributed by atoms with Gasteiger partial charge in [0.25, 0.3) is 0 Å². The second-order valence-electron chi connectivity index (χ2n) is 9.94. The van der Waals surface area contributed by atoms with Crippen molar-refractivity contribution < 1.29 is 13.5 Å². The van der Waals surface area contributed by atoms with Crippen LogP contribution in [0.25, 0.3) is 11.0 Å². The molecule has 1 fully saturated rings. The second kappa shape index (κ2) is 9.71. The van der Waals surface area contributed by atoms with Crippen molar-refractivity contribution in [1.29, 1.82) is 0 Å². The van der Waals surface area contributed by atoms with Crippen LogP contribution >= 0.6 is 11.8 Å². The standard InChI is InChI=1S/C27H25F2N9OS/c1-4-9-39-21-11-32-22-20(34-21)7-8-31-24(22)33-17-5-6-19(29)18(10-17)26(13-28)23-16(3)27(23,40-25(30)35-26)14-38-12-15(2)36-37-38/h1,5-8,10-12,16,23H,9,13-14H2,2-3H3,(H2,30,35)(H,31,33)/t16?,23?,26-,27+/m1/s1. The number of aliphatic imine (C=N–C) groups is 1. The van der Waals surface area contributed by atoms with E-state index in [1.54, 1.807) is 29.1 Å². The maximum Gasteiger partial charge on any atom is 0.233 e. The Bertz CT molecular complexity index is 1690. The molecule has 4 aromatic rings. The molecule has 0 spiro atoms. The van der Waals surface area contributed by atoms with Crippen molar-refractivity contribution in [2.24, 2.45) is 22.6 Å². The Morgan fingerprint density at radius 2 is 2.15 bits per heavy atom. The van der Waals surface area contributed by atoms with Gasteiger partial charge in [-0.1, -0.05) is 29.8 Å². The molecule has 4 heterocycles. The molecule has 0 amide bonds. The molecule has 0 radical (unpaired) electrons. The molecular weight excluding hydrogens is 536 g/mol. The summed E-state index contributed by atoms with van der Waals surface area (Å²) in [7, 11) is 0. The molecule has 2 aliphatic rings. The third-order valence-corrected chi connectivity index (χ3v) is 8.94. The Morgan fingerprint density at radius 3 is 2.90 bits per heavy atom. The number of rotatable bonds is 8. The summed E-state index contributed by atoms with van der Waals surface area (Å²) < 4.78 is 37.3. The van der Waals surface area contributed by atoms with Gasteiger partial charge in [-0.3, -0.25) is 4.68 Å². The topological polar surface area (TPSA) is 129 Å². The lowest BCUT2D eigenvalue weighted by atomic mass is 9.84. The summed E-state index contributed by atoms with van der Waals surface area (Å²) in [6.45, 7) is 3.46. The first-order valence-corrected chi connectivity index (χ1v) is 13.3. The third kappa shape index (κ3) is 4.19. The number of alkyl halides is 1. The van der Waals surface area contributed by atoms with E-state index in [2.05, 4.69) is 41.5 Å². The molecule has 40 heavy (non-hydrogen) atoms. The summed E-state index contributed by atoms with van der Waals surface area (Å²) in [5.74, 6) is 2.15. The van der Waals surface area contributed by atoms with Gasteiger partial charge >= 0.3 is 0 Å². The van der Waals surface area contributed by atoms with Crippen molar-refractivity contribution in [2.45, 2.75) is 30.7 Å². The number of aromatic nitrogens is 6. The molecule has 6 rings (SSSR count). The molecule has 1 aliphatic carbocycles. The fraction of sp³-hybridized carbons (Fsp3) is 0.333. The molecule has 10 nitrogen and oxygen atoms in total. The lowest BCUT2D eigenvalue weighted by Crippen LogP contribution is -2.41. The van der Waals surface area contributed by atoms with E-state index in [1.165, 1.54) is 24.0 Å². The van der Waals surface area contributed by atoms with Gasteiger partial charge in [0.2, 0.25) is 5.88 Å². The van der Waals surface area contributed by atoms with Crippen molar-refractivity contribution in [2.75, 3.05) is 18.6 Å². The highest BCUT2D eigenvalue weighted by Crippen LogP contribution is 2.70. The van der Waals surface area contributed by atoms with Gasteiger partial charge in [0, 0.05) is 29.6 Å². The molecule has 1 aromatic carbocycles. The first kappa shape index (κ1) is 25.9. The van der Waals surface area contributed by atoms with Crippen LogP contribution in [0.2, 0.25) is 0 Å². The SMILES string of the molecule is C#CCOc1cnc2c(Nc3ccc(F)c([C@@]4(CF)N=C(N)S[C@@]5(Cn6cc(C)nn6)C(C)C54)c3)nccc2n1. The van der Waals surface area contributed by atoms with Gasteiger partial charge in [0.15, 0.2) is 17.6 Å². The fourth-order valence-corrected chi connectivity index (χ4v) is 7.32. The summed E-state index contributed by atoms with van der Waals surface area (Å²) in [5.41, 5.74) is 7.15. The summed E-state index contributed by atoms with van der Waals surface area (Å²) in [6.07, 6.45) is 10.1. The Balaban J connectivity index is 1.36. The maximum atomic E-state index is 15.5. The number of anilines is 2. The number of benzene rings is 1. The van der Waals surface area contributed by atoms with E-state index < -0.39 is 22.8 Å². The van der Waals surface area contributed by atoms with Crippen LogP contribution < -0.4 is 15.8 Å². The number of hydrogen-bond donors (Lipinski definition) is 2. The summed E-state index contributed by atoms with van der Waals surface area (Å²) >= 11 is 1.40. The number of halogens is 2. The second-order valence-corrected chi connectivity index (χ2v) is 11.3. The van der Waals surface area contributed by atoms with Crippen molar-refractivity contribution in [3.05, 3.63) is 59.9 Å². The number of terminal acetylenes is 1. The van der Waals surface area contributed by atoms with E-state index in [0.29, 0.717) is 29.1 Å². The lowest BCUT2D eigenvalue weighted by Gasteiger charge is -2.35. The lowest BCUT2D eigenvalue weighted by molar-refractivity contribution is 0.254. The van der Waals surface area contributed by atoms with E-state index in [9.17, 15) is 0 Å². The number of aryl methyl sites for hydroxylation is 1. The molecule has 4 atom stereocenters. The highest BCUT2D eigenvalue weighted by molar-refractivity contribution is 8.15. The average molecular weight is 562 g/mol. The fourth-order valence-electron chi connectivity index (χ4n) is 5.75. The van der Waals surface area contributed by atoms with Gasteiger partial charge in [-0.15, -0.1) is 11.5 Å². The van der Waals surface area contributed by atoms with Crippen molar-refractivity contribution in [3.8, 4) is 18.2 Å². The number of nitrogens with one attached hydrogen (secondary N) is 1. The number of hydrogen-bond acceptors (Lipinski definition) is 10. The quantitative estimate of drug-likeness (QED) is 0.309. The van der Waals surface area contributed by atoms with Crippen LogP contribution in [0.4, 0.5) is 20.3 Å². The van der Waals surface area contributed by atoms with Crippen LogP contribution in [0.3, 0.4) is 0 Å². The first-order chi connectivity index (χ1) is 19.3. The van der Waals surface area contributed by atoms with Crippen molar-refractivity contribution in [3.63, 3.8) is 0 Å². The summed E-state index contributed by atoms with van der Waals surface area (Å²) in [5, 5.41) is 11.6. The van der Waals surface area contributed by atoms with Crippen LogP contribution in [0.1, 0.15) is 18.2 Å². The predicted octanol–water partition coefficient (Wildman–Crippen LogP) is 3.75. The highest BCUT2D eigenvalue weighted by atomic mass is 32.2. The maximum absolute atomic E-state index is 15.5. The Kier molecular flexibility index (Phi) is 6.29. The Hall–Kier alpha value is -4.31. The number of fused-ring (bicyclic) bond motifs is 2. The number of nitrogens with zero attached hydrogens (tertiary/aromatic N) is 7. The van der Waals surface area contributed by atoms with E-state index in [-0.39, 0.29) is 35.1 Å². The third-order valence-electron chi connectivity index (χ3n) is 7.51. The van der Waals surface area contributed by atoms with E-state index in [0.717, 1.165) is 5.69 Å². The van der Waals surface area contributed by atoms with Crippen LogP contribution in [0, 0.1) is 36.9 Å². The monoisotopic (exact) mass is 561 g/mol. The number of amidine groups is 1. The Morgan fingerprint density at radius 1 is 1.30 bits per heavy atom. The molecule has 0 saturated heterocycles. The number of nitrogens with two attached hydrogens (primary N) is 1. The molecule has 204 valence electrons. The van der Waals surface area contributed by atoms with Gasteiger partial charge < -0.3 is 15.8 Å². The molecule has 0 bridgehead atoms. The molecule has 13 heteroatoms. The summed E-state index contributed by atoms with van der Waals surface area (Å²) in [6, 6.07) is 6.10. The number of pyridine rings is 1. The van der Waals surface area contributed by atoms with Crippen LogP contribution in [-0.2, 0) is 12.1 Å². The Labute approximate surface area is 232 Å². The largest absolute Gasteiger partial charge is 0.463 e. The van der Waals surface area contributed by atoms with E-state index >= 15 is 8.78 Å². The van der Waals surface area contributed by atoms with Gasteiger partial charge in [-0.25, -0.2) is 28.7 Å².